The fraction of sp³-hybridized carbons (Fsp3) is 0.500. The highest BCUT2D eigenvalue weighted by Gasteiger charge is 2.21. The number of hydrogen-bond donors (Lipinski definition) is 0. The lowest BCUT2D eigenvalue weighted by atomic mass is 10.2. The van der Waals surface area contributed by atoms with E-state index < -0.39 is 0 Å². The quantitative estimate of drug-likeness (QED) is 0.508. The Morgan fingerprint density at radius 3 is 3.05 bits per heavy atom. The molecule has 0 aliphatic carbocycles. The van der Waals surface area contributed by atoms with Crippen LogP contribution in [-0.4, -0.2) is 22.1 Å². The Morgan fingerprint density at radius 1 is 1.50 bits per heavy atom. The van der Waals surface area contributed by atoms with Gasteiger partial charge >= 0.3 is 0 Å². The fourth-order valence-electron chi connectivity index (χ4n) is 2.50. The minimum Gasteiger partial charge on any atom is -0.356 e. The number of benzene rings is 1. The minimum absolute atomic E-state index is 0.0652. The molecule has 1 aliphatic rings. The van der Waals surface area contributed by atoms with Gasteiger partial charge in [0.05, 0.1) is 10.5 Å². The molecule has 0 N–H and O–H groups in total. The van der Waals surface area contributed by atoms with Crippen molar-refractivity contribution in [2.24, 2.45) is 0 Å². The zero-order chi connectivity index (χ0) is 14.1. The van der Waals surface area contributed by atoms with Crippen LogP contribution < -0.4 is 0 Å². The number of fused-ring (bicyclic) bond motifs is 1. The second kappa shape index (κ2) is 6.42. The van der Waals surface area contributed by atoms with Crippen LogP contribution in [-0.2, 0) is 4.74 Å². The van der Waals surface area contributed by atoms with Gasteiger partial charge in [-0.05, 0) is 59.7 Å². The van der Waals surface area contributed by atoms with E-state index >= 15 is 0 Å². The zero-order valence-electron chi connectivity index (χ0n) is 11.2. The van der Waals surface area contributed by atoms with Crippen LogP contribution >= 0.6 is 46.0 Å². The first kappa shape index (κ1) is 14.9. The minimum atomic E-state index is 0.0652. The van der Waals surface area contributed by atoms with E-state index in [2.05, 4.69) is 40.7 Å². The van der Waals surface area contributed by atoms with Crippen molar-refractivity contribution in [2.45, 2.75) is 37.3 Å². The van der Waals surface area contributed by atoms with Crippen LogP contribution in [0.4, 0.5) is 0 Å². The van der Waals surface area contributed by atoms with Crippen molar-refractivity contribution in [1.29, 1.82) is 0 Å². The van der Waals surface area contributed by atoms with Gasteiger partial charge in [-0.1, -0.05) is 18.5 Å². The largest absolute Gasteiger partial charge is 0.356 e. The topological polar surface area (TPSA) is 27.1 Å². The summed E-state index contributed by atoms with van der Waals surface area (Å²) in [4.78, 5) is 1.12. The molecule has 3 rings (SSSR count). The molecule has 1 fully saturated rings. The molecule has 108 valence electrons. The summed E-state index contributed by atoms with van der Waals surface area (Å²) in [6.07, 6.45) is 3.45. The van der Waals surface area contributed by atoms with Gasteiger partial charge in [0, 0.05) is 16.9 Å². The van der Waals surface area contributed by atoms with Crippen LogP contribution in [0.3, 0.4) is 0 Å². The number of thioether (sulfide) groups is 1. The predicted octanol–water partition coefficient (Wildman–Crippen LogP) is 5.11. The molecule has 1 aromatic heterocycles. The summed E-state index contributed by atoms with van der Waals surface area (Å²) in [6.45, 7) is 2.96. The number of aromatic nitrogens is 2. The summed E-state index contributed by atoms with van der Waals surface area (Å²) in [6, 6.07) is 4.18. The Kier molecular flexibility index (Phi) is 4.79. The van der Waals surface area contributed by atoms with Gasteiger partial charge in [0.25, 0.3) is 0 Å². The lowest BCUT2D eigenvalue weighted by Gasteiger charge is -2.23. The molecule has 6 heteroatoms. The van der Waals surface area contributed by atoms with E-state index in [1.807, 2.05) is 10.7 Å². The van der Waals surface area contributed by atoms with Gasteiger partial charge in [-0.25, -0.2) is 4.68 Å². The maximum Gasteiger partial charge on any atom is 0.150 e. The van der Waals surface area contributed by atoms with Gasteiger partial charge in [0.1, 0.15) is 3.70 Å². The molecule has 1 aromatic carbocycles. The number of ether oxygens (including phenoxy) is 1. The highest BCUT2D eigenvalue weighted by Crippen LogP contribution is 2.35. The van der Waals surface area contributed by atoms with Crippen LogP contribution in [0.2, 0.25) is 5.02 Å². The summed E-state index contributed by atoms with van der Waals surface area (Å²) in [5, 5.41) is 6.59. The van der Waals surface area contributed by atoms with Crippen molar-refractivity contribution in [2.75, 3.05) is 12.4 Å². The Labute approximate surface area is 141 Å². The van der Waals surface area contributed by atoms with E-state index in [9.17, 15) is 0 Å². The van der Waals surface area contributed by atoms with Gasteiger partial charge in [0.15, 0.2) is 6.23 Å². The van der Waals surface area contributed by atoms with Crippen LogP contribution in [0.5, 0.6) is 0 Å². The first-order valence-electron chi connectivity index (χ1n) is 6.82. The van der Waals surface area contributed by atoms with E-state index in [0.29, 0.717) is 0 Å². The molecule has 1 unspecified atom stereocenters. The van der Waals surface area contributed by atoms with Crippen molar-refractivity contribution < 1.29 is 4.74 Å². The van der Waals surface area contributed by atoms with E-state index in [1.54, 1.807) is 11.8 Å². The number of halogens is 2. The molecule has 1 atom stereocenters. The van der Waals surface area contributed by atoms with Crippen LogP contribution in [0.15, 0.2) is 17.0 Å². The second-order valence-electron chi connectivity index (χ2n) is 4.79. The van der Waals surface area contributed by atoms with Gasteiger partial charge in [0.2, 0.25) is 0 Å². The van der Waals surface area contributed by atoms with Crippen LogP contribution in [0.1, 0.15) is 32.4 Å². The Morgan fingerprint density at radius 2 is 2.35 bits per heavy atom. The standard InChI is InChI=1S/C14H16ClIN2OS/c1-2-20-12-8-11-9(7-10(12)15)14(16)17-18(11)13-5-3-4-6-19-13/h7-8,13H,2-6H2,1H3. The molecule has 20 heavy (non-hydrogen) atoms. The number of hydrogen-bond acceptors (Lipinski definition) is 3. The van der Waals surface area contributed by atoms with E-state index in [-0.39, 0.29) is 6.23 Å². The molecular formula is C14H16ClIN2OS. The predicted molar refractivity (Wildman–Crippen MR) is 92.7 cm³/mol. The van der Waals surface area contributed by atoms with Crippen LogP contribution in [0, 0.1) is 3.70 Å². The Bertz CT molecular complexity index is 625. The molecule has 1 aliphatic heterocycles. The summed E-state index contributed by atoms with van der Waals surface area (Å²) in [5.74, 6) is 1.01. The van der Waals surface area contributed by atoms with Gasteiger partial charge in [-0.3, -0.25) is 0 Å². The van der Waals surface area contributed by atoms with Crippen LogP contribution in [0.25, 0.3) is 10.9 Å². The zero-order valence-corrected chi connectivity index (χ0v) is 15.0. The average Bonchev–Trinajstić information content (AvgIpc) is 2.78. The summed E-state index contributed by atoms with van der Waals surface area (Å²) < 4.78 is 8.89. The normalized spacial score (nSPS) is 19.6. The molecule has 0 bridgehead atoms. The first-order chi connectivity index (χ1) is 9.70. The van der Waals surface area contributed by atoms with Crippen molar-refractivity contribution in [1.82, 2.24) is 9.78 Å². The summed E-state index contributed by atoms with van der Waals surface area (Å²) in [7, 11) is 0. The van der Waals surface area contributed by atoms with E-state index in [4.69, 9.17) is 16.3 Å². The van der Waals surface area contributed by atoms with E-state index in [0.717, 1.165) is 49.7 Å². The smallest absolute Gasteiger partial charge is 0.150 e. The average molecular weight is 423 g/mol. The molecular weight excluding hydrogens is 407 g/mol. The van der Waals surface area contributed by atoms with Crippen molar-refractivity contribution in [3.63, 3.8) is 0 Å². The third-order valence-corrected chi connectivity index (χ3v) is 5.60. The highest BCUT2D eigenvalue weighted by molar-refractivity contribution is 14.1. The maximum atomic E-state index is 6.36. The molecule has 0 radical (unpaired) electrons. The monoisotopic (exact) mass is 422 g/mol. The molecule has 3 nitrogen and oxygen atoms in total. The van der Waals surface area contributed by atoms with Crippen molar-refractivity contribution >= 4 is 56.9 Å². The fourth-order valence-corrected chi connectivity index (χ4v) is 4.20. The Balaban J connectivity index is 2.09. The maximum absolute atomic E-state index is 6.36. The summed E-state index contributed by atoms with van der Waals surface area (Å²) in [5.41, 5.74) is 1.13. The summed E-state index contributed by atoms with van der Waals surface area (Å²) >= 11 is 10.4. The number of nitrogens with zero attached hydrogens (tertiary/aromatic N) is 2. The van der Waals surface area contributed by atoms with Crippen molar-refractivity contribution in [3.8, 4) is 0 Å². The van der Waals surface area contributed by atoms with Crippen molar-refractivity contribution in [3.05, 3.63) is 20.9 Å². The molecule has 0 saturated carbocycles. The SMILES string of the molecule is CCSc1cc2c(cc1Cl)c(I)nn2C1CCCCO1. The molecule has 0 spiro atoms. The molecule has 0 amide bonds. The number of rotatable bonds is 3. The van der Waals surface area contributed by atoms with Gasteiger partial charge in [-0.15, -0.1) is 11.8 Å². The molecule has 2 heterocycles. The lowest BCUT2D eigenvalue weighted by Crippen LogP contribution is -2.19. The first-order valence-corrected chi connectivity index (χ1v) is 9.26. The second-order valence-corrected chi connectivity index (χ2v) is 7.52. The molecule has 2 aromatic rings. The van der Waals surface area contributed by atoms with E-state index in [1.165, 1.54) is 6.42 Å². The van der Waals surface area contributed by atoms with Gasteiger partial charge < -0.3 is 4.74 Å². The van der Waals surface area contributed by atoms with Gasteiger partial charge in [-0.2, -0.15) is 5.10 Å². The highest BCUT2D eigenvalue weighted by atomic mass is 127. The Hall–Kier alpha value is 0.0200. The molecule has 1 saturated heterocycles. The third kappa shape index (κ3) is 2.82. The lowest BCUT2D eigenvalue weighted by molar-refractivity contribution is -0.0368. The third-order valence-electron chi connectivity index (χ3n) is 3.44.